The number of nitrogens with one attached hydrogen (secondary N) is 1. The average molecular weight is 258 g/mol. The molecule has 0 radical (unpaired) electrons. The second-order valence-electron chi connectivity index (χ2n) is 5.54. The van der Waals surface area contributed by atoms with Crippen LogP contribution in [0.2, 0.25) is 5.02 Å². The summed E-state index contributed by atoms with van der Waals surface area (Å²) in [5, 5.41) is 3.77. The van der Waals surface area contributed by atoms with Crippen molar-refractivity contribution < 1.29 is 4.39 Å². The molecule has 0 fully saturated rings. The Balaban J connectivity index is 2.97. The molecule has 1 nitrogen and oxygen atoms in total. The number of benzene rings is 1. The van der Waals surface area contributed by atoms with Gasteiger partial charge in [0.25, 0.3) is 0 Å². The van der Waals surface area contributed by atoms with Gasteiger partial charge in [-0.05, 0) is 30.5 Å². The Hall–Kier alpha value is -0.600. The summed E-state index contributed by atoms with van der Waals surface area (Å²) in [6.45, 7) is 9.33. The van der Waals surface area contributed by atoms with Crippen LogP contribution in [-0.2, 0) is 0 Å². The minimum Gasteiger partial charge on any atom is -0.310 e. The Morgan fingerprint density at radius 2 is 2.00 bits per heavy atom. The molecule has 1 aromatic rings. The lowest BCUT2D eigenvalue weighted by Crippen LogP contribution is -2.26. The van der Waals surface area contributed by atoms with Gasteiger partial charge in [0.1, 0.15) is 5.82 Å². The maximum absolute atomic E-state index is 13.9. The minimum atomic E-state index is -0.229. The molecule has 1 atom stereocenters. The molecule has 0 amide bonds. The molecule has 0 aliphatic rings. The van der Waals surface area contributed by atoms with Crippen molar-refractivity contribution in [3.8, 4) is 0 Å². The Morgan fingerprint density at radius 1 is 1.35 bits per heavy atom. The molecule has 1 rings (SSSR count). The van der Waals surface area contributed by atoms with E-state index in [4.69, 9.17) is 11.6 Å². The van der Waals surface area contributed by atoms with Gasteiger partial charge in [0.15, 0.2) is 0 Å². The van der Waals surface area contributed by atoms with Gasteiger partial charge in [-0.3, -0.25) is 0 Å². The van der Waals surface area contributed by atoms with E-state index in [1.165, 1.54) is 6.07 Å². The molecular formula is C14H21ClFN. The van der Waals surface area contributed by atoms with Gasteiger partial charge in [-0.25, -0.2) is 4.39 Å². The van der Waals surface area contributed by atoms with Crippen LogP contribution in [0.15, 0.2) is 18.2 Å². The number of hydrogen-bond acceptors (Lipinski definition) is 1. The van der Waals surface area contributed by atoms with E-state index in [1.807, 2.05) is 6.92 Å². The van der Waals surface area contributed by atoms with Crippen LogP contribution in [0.3, 0.4) is 0 Å². The Labute approximate surface area is 108 Å². The topological polar surface area (TPSA) is 12.0 Å². The standard InChI is InChI=1S/C14H21ClFN/c1-5-17-13(9-14(2,3)4)11-7-6-10(15)8-12(11)16/h6-8,13,17H,5,9H2,1-4H3. The van der Waals surface area contributed by atoms with Crippen LogP contribution in [0.5, 0.6) is 0 Å². The first-order valence-electron chi connectivity index (χ1n) is 6.02. The van der Waals surface area contributed by atoms with Crippen LogP contribution in [-0.4, -0.2) is 6.54 Å². The van der Waals surface area contributed by atoms with Crippen molar-refractivity contribution in [2.45, 2.75) is 40.2 Å². The van der Waals surface area contributed by atoms with Gasteiger partial charge in [-0.2, -0.15) is 0 Å². The fourth-order valence-electron chi connectivity index (χ4n) is 1.93. The molecule has 0 aliphatic carbocycles. The van der Waals surface area contributed by atoms with Gasteiger partial charge in [0.2, 0.25) is 0 Å². The summed E-state index contributed by atoms with van der Waals surface area (Å²) in [6.07, 6.45) is 0.888. The summed E-state index contributed by atoms with van der Waals surface area (Å²) in [4.78, 5) is 0. The summed E-state index contributed by atoms with van der Waals surface area (Å²) in [7, 11) is 0. The highest BCUT2D eigenvalue weighted by atomic mass is 35.5. The van der Waals surface area contributed by atoms with E-state index < -0.39 is 0 Å². The average Bonchev–Trinajstić information content (AvgIpc) is 2.14. The molecule has 0 saturated heterocycles. The Kier molecular flexibility index (Phi) is 4.96. The van der Waals surface area contributed by atoms with Crippen molar-refractivity contribution in [2.75, 3.05) is 6.54 Å². The summed E-state index contributed by atoms with van der Waals surface area (Å²) in [5.74, 6) is -0.229. The maximum Gasteiger partial charge on any atom is 0.129 e. The molecule has 1 N–H and O–H groups in total. The fraction of sp³-hybridized carbons (Fsp3) is 0.571. The maximum atomic E-state index is 13.9. The van der Waals surface area contributed by atoms with Crippen molar-refractivity contribution in [1.82, 2.24) is 5.32 Å². The lowest BCUT2D eigenvalue weighted by Gasteiger charge is -2.27. The molecule has 3 heteroatoms. The zero-order valence-electron chi connectivity index (χ0n) is 11.0. The van der Waals surface area contributed by atoms with Crippen molar-refractivity contribution in [1.29, 1.82) is 0 Å². The Bertz CT molecular complexity index is 371. The molecule has 0 spiro atoms. The SMILES string of the molecule is CCNC(CC(C)(C)C)c1ccc(Cl)cc1F. The number of rotatable bonds is 4. The first-order valence-corrected chi connectivity index (χ1v) is 6.39. The third kappa shape index (κ3) is 4.64. The second-order valence-corrected chi connectivity index (χ2v) is 5.98. The molecular weight excluding hydrogens is 237 g/mol. The van der Waals surface area contributed by atoms with Gasteiger partial charge in [0.05, 0.1) is 0 Å². The molecule has 1 unspecified atom stereocenters. The van der Waals surface area contributed by atoms with E-state index >= 15 is 0 Å². The van der Waals surface area contributed by atoms with Crippen LogP contribution in [0.1, 0.15) is 45.7 Å². The van der Waals surface area contributed by atoms with Crippen molar-refractivity contribution >= 4 is 11.6 Å². The fourth-order valence-corrected chi connectivity index (χ4v) is 2.09. The van der Waals surface area contributed by atoms with Crippen LogP contribution in [0.4, 0.5) is 4.39 Å². The normalized spacial score (nSPS) is 13.8. The minimum absolute atomic E-state index is 0.0391. The quantitative estimate of drug-likeness (QED) is 0.833. The molecule has 0 bridgehead atoms. The zero-order chi connectivity index (χ0) is 13.1. The number of hydrogen-bond donors (Lipinski definition) is 1. The molecule has 0 aliphatic heterocycles. The monoisotopic (exact) mass is 257 g/mol. The highest BCUT2D eigenvalue weighted by molar-refractivity contribution is 6.30. The number of halogens is 2. The van der Waals surface area contributed by atoms with E-state index in [0.717, 1.165) is 13.0 Å². The van der Waals surface area contributed by atoms with Crippen molar-refractivity contribution in [3.63, 3.8) is 0 Å². The highest BCUT2D eigenvalue weighted by Gasteiger charge is 2.21. The van der Waals surface area contributed by atoms with E-state index in [9.17, 15) is 4.39 Å². The lowest BCUT2D eigenvalue weighted by atomic mass is 9.85. The third-order valence-corrected chi connectivity index (χ3v) is 2.84. The predicted octanol–water partition coefficient (Wildman–Crippen LogP) is 4.57. The second kappa shape index (κ2) is 5.83. The molecule has 0 heterocycles. The molecule has 0 aromatic heterocycles. The highest BCUT2D eigenvalue weighted by Crippen LogP contribution is 2.31. The van der Waals surface area contributed by atoms with Crippen LogP contribution < -0.4 is 5.32 Å². The lowest BCUT2D eigenvalue weighted by molar-refractivity contribution is 0.309. The van der Waals surface area contributed by atoms with Gasteiger partial charge < -0.3 is 5.32 Å². The van der Waals surface area contributed by atoms with Crippen LogP contribution in [0.25, 0.3) is 0 Å². The summed E-state index contributed by atoms with van der Waals surface area (Å²) in [6, 6.07) is 4.94. The van der Waals surface area contributed by atoms with E-state index in [-0.39, 0.29) is 17.3 Å². The summed E-state index contributed by atoms with van der Waals surface area (Å²) < 4.78 is 13.9. The van der Waals surface area contributed by atoms with Gasteiger partial charge in [-0.1, -0.05) is 45.4 Å². The van der Waals surface area contributed by atoms with Gasteiger partial charge in [0, 0.05) is 16.6 Å². The van der Waals surface area contributed by atoms with Crippen LogP contribution >= 0.6 is 11.6 Å². The molecule has 0 saturated carbocycles. The van der Waals surface area contributed by atoms with Gasteiger partial charge in [-0.15, -0.1) is 0 Å². The first kappa shape index (κ1) is 14.5. The summed E-state index contributed by atoms with van der Waals surface area (Å²) in [5.41, 5.74) is 0.852. The predicted molar refractivity (Wildman–Crippen MR) is 71.9 cm³/mol. The van der Waals surface area contributed by atoms with Crippen molar-refractivity contribution in [2.24, 2.45) is 5.41 Å². The molecule has 17 heavy (non-hydrogen) atoms. The summed E-state index contributed by atoms with van der Waals surface area (Å²) >= 11 is 5.77. The molecule has 1 aromatic carbocycles. The zero-order valence-corrected chi connectivity index (χ0v) is 11.7. The van der Waals surface area contributed by atoms with Crippen LogP contribution in [0, 0.1) is 11.2 Å². The van der Waals surface area contributed by atoms with E-state index in [1.54, 1.807) is 12.1 Å². The van der Waals surface area contributed by atoms with Crippen molar-refractivity contribution in [3.05, 3.63) is 34.6 Å². The third-order valence-electron chi connectivity index (χ3n) is 2.60. The van der Waals surface area contributed by atoms with E-state index in [0.29, 0.717) is 10.6 Å². The molecule has 96 valence electrons. The van der Waals surface area contributed by atoms with Gasteiger partial charge >= 0.3 is 0 Å². The first-order chi connectivity index (χ1) is 7.83. The largest absolute Gasteiger partial charge is 0.310 e. The Morgan fingerprint density at radius 3 is 2.47 bits per heavy atom. The van der Waals surface area contributed by atoms with E-state index in [2.05, 4.69) is 26.1 Å². The smallest absolute Gasteiger partial charge is 0.129 e.